The molecule has 0 bridgehead atoms. The molecule has 1 aliphatic rings. The Morgan fingerprint density at radius 1 is 1.28 bits per heavy atom. The van der Waals surface area contributed by atoms with Gasteiger partial charge in [0.2, 0.25) is 5.91 Å². The van der Waals surface area contributed by atoms with E-state index in [1.807, 2.05) is 68.4 Å². The number of carbonyl (C=O) groups excluding carboxylic acids is 1. The van der Waals surface area contributed by atoms with Crippen LogP contribution in [0.5, 0.6) is 0 Å². The maximum atomic E-state index is 11.8. The van der Waals surface area contributed by atoms with Crippen molar-refractivity contribution in [3.63, 3.8) is 0 Å². The molecule has 1 aromatic rings. The average molecular weight is 339 g/mol. The molecular formula is C21H29N3O. The SMILES string of the molecule is CC(C)C(=O)NC1=CC(C#Cc2ccc(N)cc2)N(C)C=C1.CCC. The first-order valence-corrected chi connectivity index (χ1v) is 8.67. The summed E-state index contributed by atoms with van der Waals surface area (Å²) in [6, 6.07) is 7.38. The summed E-state index contributed by atoms with van der Waals surface area (Å²) in [5.74, 6) is 6.28. The highest BCUT2D eigenvalue weighted by molar-refractivity contribution is 5.80. The number of nitrogen functional groups attached to an aromatic ring is 1. The fourth-order valence-electron chi connectivity index (χ4n) is 1.87. The number of hydrogen-bond acceptors (Lipinski definition) is 3. The molecule has 1 amide bonds. The molecule has 134 valence electrons. The van der Waals surface area contributed by atoms with Gasteiger partial charge in [0.15, 0.2) is 0 Å². The summed E-state index contributed by atoms with van der Waals surface area (Å²) >= 11 is 0. The topological polar surface area (TPSA) is 58.4 Å². The second kappa shape index (κ2) is 10.2. The van der Waals surface area contributed by atoms with Crippen LogP contribution in [0.3, 0.4) is 0 Å². The molecule has 0 aromatic heterocycles. The van der Waals surface area contributed by atoms with Crippen molar-refractivity contribution in [2.24, 2.45) is 5.92 Å². The minimum atomic E-state index is -0.0787. The highest BCUT2D eigenvalue weighted by Gasteiger charge is 2.14. The molecule has 0 saturated heterocycles. The average Bonchev–Trinajstić information content (AvgIpc) is 2.57. The van der Waals surface area contributed by atoms with Crippen molar-refractivity contribution in [2.45, 2.75) is 40.2 Å². The van der Waals surface area contributed by atoms with E-state index in [1.165, 1.54) is 6.42 Å². The second-order valence-corrected chi connectivity index (χ2v) is 6.29. The molecule has 1 aliphatic heterocycles. The van der Waals surface area contributed by atoms with E-state index in [1.54, 1.807) is 0 Å². The Balaban J connectivity index is 0.000000970. The van der Waals surface area contributed by atoms with E-state index in [9.17, 15) is 4.79 Å². The van der Waals surface area contributed by atoms with Crippen LogP contribution in [0.25, 0.3) is 0 Å². The number of benzene rings is 1. The number of amides is 1. The van der Waals surface area contributed by atoms with E-state index in [-0.39, 0.29) is 17.9 Å². The predicted octanol–water partition coefficient (Wildman–Crippen LogP) is 3.52. The van der Waals surface area contributed by atoms with E-state index >= 15 is 0 Å². The van der Waals surface area contributed by atoms with Crippen molar-refractivity contribution in [3.8, 4) is 11.8 Å². The van der Waals surface area contributed by atoms with Crippen LogP contribution in [0.4, 0.5) is 5.69 Å². The van der Waals surface area contributed by atoms with Gasteiger partial charge in [0, 0.05) is 36.1 Å². The number of nitrogens with one attached hydrogen (secondary N) is 1. The van der Waals surface area contributed by atoms with Gasteiger partial charge < -0.3 is 16.0 Å². The van der Waals surface area contributed by atoms with E-state index < -0.39 is 0 Å². The molecule has 1 heterocycles. The van der Waals surface area contributed by atoms with Gasteiger partial charge in [-0.3, -0.25) is 4.79 Å². The lowest BCUT2D eigenvalue weighted by atomic mass is 10.1. The Morgan fingerprint density at radius 3 is 2.44 bits per heavy atom. The van der Waals surface area contributed by atoms with Crippen LogP contribution in [0, 0.1) is 17.8 Å². The molecule has 1 unspecified atom stereocenters. The Hall–Kier alpha value is -2.67. The fraction of sp³-hybridized carbons (Fsp3) is 0.381. The molecule has 0 saturated carbocycles. The molecule has 2 rings (SSSR count). The zero-order chi connectivity index (χ0) is 18.8. The van der Waals surface area contributed by atoms with Crippen molar-refractivity contribution < 1.29 is 4.79 Å². The number of nitrogens with zero attached hydrogens (tertiary/aromatic N) is 1. The van der Waals surface area contributed by atoms with Gasteiger partial charge in [-0.05, 0) is 36.4 Å². The van der Waals surface area contributed by atoms with Gasteiger partial charge >= 0.3 is 0 Å². The standard InChI is InChI=1S/C18H21N3O.C3H8/c1-13(2)18(22)20-16-10-11-21(3)17(12-16)9-6-14-4-7-15(19)8-5-14;1-3-2/h4-5,7-8,10-13,17H,19H2,1-3H3,(H,20,22);3H2,1-2H3. The number of likely N-dealkylation sites (N-methyl/N-ethyl adjacent to an activating group) is 1. The summed E-state index contributed by atoms with van der Waals surface area (Å²) in [6.07, 6.45) is 6.99. The lowest BCUT2D eigenvalue weighted by Crippen LogP contribution is -2.32. The Morgan fingerprint density at radius 2 is 1.88 bits per heavy atom. The number of hydrogen-bond donors (Lipinski definition) is 2. The van der Waals surface area contributed by atoms with Crippen molar-refractivity contribution in [1.29, 1.82) is 0 Å². The molecule has 0 fully saturated rings. The summed E-state index contributed by atoms with van der Waals surface area (Å²) in [5.41, 5.74) is 8.09. The molecule has 4 nitrogen and oxygen atoms in total. The zero-order valence-corrected chi connectivity index (χ0v) is 15.8. The number of rotatable bonds is 2. The molecule has 25 heavy (non-hydrogen) atoms. The molecular weight excluding hydrogens is 310 g/mol. The van der Waals surface area contributed by atoms with Gasteiger partial charge in [-0.15, -0.1) is 0 Å². The molecule has 3 N–H and O–H groups in total. The third kappa shape index (κ3) is 7.17. The van der Waals surface area contributed by atoms with Gasteiger partial charge in [0.05, 0.1) is 0 Å². The Bertz CT molecular complexity index is 675. The van der Waals surface area contributed by atoms with Crippen molar-refractivity contribution in [2.75, 3.05) is 12.8 Å². The highest BCUT2D eigenvalue weighted by Crippen LogP contribution is 2.11. The van der Waals surface area contributed by atoms with Crippen LogP contribution in [0.2, 0.25) is 0 Å². The van der Waals surface area contributed by atoms with Crippen molar-refractivity contribution in [1.82, 2.24) is 10.2 Å². The minimum Gasteiger partial charge on any atom is -0.399 e. The lowest BCUT2D eigenvalue weighted by molar-refractivity contribution is -0.123. The minimum absolute atomic E-state index is 0.00527. The van der Waals surface area contributed by atoms with Crippen molar-refractivity contribution in [3.05, 3.63) is 53.9 Å². The van der Waals surface area contributed by atoms with Crippen molar-refractivity contribution >= 4 is 11.6 Å². The first kappa shape index (κ1) is 20.4. The van der Waals surface area contributed by atoms with E-state index in [2.05, 4.69) is 31.0 Å². The van der Waals surface area contributed by atoms with Crippen LogP contribution < -0.4 is 11.1 Å². The summed E-state index contributed by atoms with van der Waals surface area (Å²) in [6.45, 7) is 7.99. The van der Waals surface area contributed by atoms with Crippen LogP contribution in [0.15, 0.2) is 48.3 Å². The largest absolute Gasteiger partial charge is 0.399 e. The van der Waals surface area contributed by atoms with Gasteiger partial charge in [-0.2, -0.15) is 0 Å². The van der Waals surface area contributed by atoms with E-state index in [0.29, 0.717) is 0 Å². The van der Waals surface area contributed by atoms with Crippen LogP contribution in [0.1, 0.15) is 39.7 Å². The maximum absolute atomic E-state index is 11.8. The van der Waals surface area contributed by atoms with Crippen LogP contribution in [-0.4, -0.2) is 23.9 Å². The van der Waals surface area contributed by atoms with Gasteiger partial charge in [-0.25, -0.2) is 0 Å². The maximum Gasteiger partial charge on any atom is 0.226 e. The molecule has 0 radical (unpaired) electrons. The third-order valence-corrected chi connectivity index (χ3v) is 3.33. The molecule has 4 heteroatoms. The van der Waals surface area contributed by atoms with Gasteiger partial charge in [-0.1, -0.05) is 46.0 Å². The summed E-state index contributed by atoms with van der Waals surface area (Å²) in [7, 11) is 1.95. The quantitative estimate of drug-likeness (QED) is 0.640. The summed E-state index contributed by atoms with van der Waals surface area (Å²) in [4.78, 5) is 13.8. The fourth-order valence-corrected chi connectivity index (χ4v) is 1.87. The van der Waals surface area contributed by atoms with Gasteiger partial charge in [0.1, 0.15) is 6.04 Å². The number of allylic oxidation sites excluding steroid dienone is 1. The highest BCUT2D eigenvalue weighted by atomic mass is 16.1. The first-order valence-electron chi connectivity index (χ1n) is 8.67. The molecule has 0 spiro atoms. The second-order valence-electron chi connectivity index (χ2n) is 6.29. The lowest BCUT2D eigenvalue weighted by Gasteiger charge is -2.24. The normalized spacial score (nSPS) is 15.5. The third-order valence-electron chi connectivity index (χ3n) is 3.33. The predicted molar refractivity (Wildman–Crippen MR) is 105 cm³/mol. The van der Waals surface area contributed by atoms with Gasteiger partial charge in [0.25, 0.3) is 0 Å². The Labute approximate surface area is 151 Å². The van der Waals surface area contributed by atoms with Crippen LogP contribution in [-0.2, 0) is 4.79 Å². The number of carbonyl (C=O) groups is 1. The summed E-state index contributed by atoms with van der Waals surface area (Å²) < 4.78 is 0. The molecule has 0 aliphatic carbocycles. The summed E-state index contributed by atoms with van der Waals surface area (Å²) in [5, 5.41) is 2.90. The monoisotopic (exact) mass is 339 g/mol. The van der Waals surface area contributed by atoms with E-state index in [4.69, 9.17) is 5.73 Å². The van der Waals surface area contributed by atoms with E-state index in [0.717, 1.165) is 16.9 Å². The smallest absolute Gasteiger partial charge is 0.226 e. The van der Waals surface area contributed by atoms with Crippen LogP contribution >= 0.6 is 0 Å². The number of nitrogens with two attached hydrogens (primary N) is 1. The number of anilines is 1. The Kier molecular flexibility index (Phi) is 8.35. The zero-order valence-electron chi connectivity index (χ0n) is 15.8. The molecule has 1 atom stereocenters. The first-order chi connectivity index (χ1) is 11.9. The molecule has 1 aromatic carbocycles.